The average Bonchev–Trinajstić information content (AvgIpc) is 2.50. The number of anilines is 2. The highest BCUT2D eigenvalue weighted by molar-refractivity contribution is 5.47. The van der Waals surface area contributed by atoms with Crippen molar-refractivity contribution in [2.24, 2.45) is 0 Å². The molecule has 2 N–H and O–H groups in total. The van der Waals surface area contributed by atoms with Gasteiger partial charge in [0.15, 0.2) is 0 Å². The Balaban J connectivity index is 1.68. The smallest absolute Gasteiger partial charge is 0.228 e. The molecular formula is C14H17N5. The van der Waals surface area contributed by atoms with Gasteiger partial charge in [-0.05, 0) is 49.5 Å². The van der Waals surface area contributed by atoms with Gasteiger partial charge in [-0.25, -0.2) is 15.0 Å². The molecular weight excluding hydrogens is 238 g/mol. The Morgan fingerprint density at radius 3 is 2.53 bits per heavy atom. The van der Waals surface area contributed by atoms with Crippen LogP contribution < -0.4 is 10.6 Å². The van der Waals surface area contributed by atoms with E-state index in [1.807, 2.05) is 12.3 Å². The Labute approximate surface area is 112 Å². The number of nitrogens with zero attached hydrogens (tertiary/aromatic N) is 3. The molecule has 0 aliphatic carbocycles. The molecule has 0 spiro atoms. The van der Waals surface area contributed by atoms with Crippen molar-refractivity contribution in [2.75, 3.05) is 18.4 Å². The van der Waals surface area contributed by atoms with E-state index in [9.17, 15) is 0 Å². The van der Waals surface area contributed by atoms with Crippen molar-refractivity contribution in [3.8, 4) is 0 Å². The van der Waals surface area contributed by atoms with Crippen LogP contribution in [-0.4, -0.2) is 28.0 Å². The van der Waals surface area contributed by atoms with Gasteiger partial charge in [0.2, 0.25) is 5.95 Å². The van der Waals surface area contributed by atoms with Gasteiger partial charge in [-0.3, -0.25) is 0 Å². The first kappa shape index (κ1) is 12.0. The lowest BCUT2D eigenvalue weighted by Crippen LogP contribution is -2.26. The Morgan fingerprint density at radius 1 is 1.05 bits per heavy atom. The number of hydrogen-bond acceptors (Lipinski definition) is 5. The summed E-state index contributed by atoms with van der Waals surface area (Å²) < 4.78 is 0. The third-order valence-corrected chi connectivity index (χ3v) is 3.40. The van der Waals surface area contributed by atoms with Crippen LogP contribution >= 0.6 is 0 Å². The molecule has 0 aromatic carbocycles. The molecule has 0 saturated carbocycles. The Bertz CT molecular complexity index is 505. The minimum atomic E-state index is 0.574. The first-order valence-electron chi connectivity index (χ1n) is 6.62. The predicted molar refractivity (Wildman–Crippen MR) is 74.4 cm³/mol. The van der Waals surface area contributed by atoms with E-state index in [2.05, 4.69) is 31.7 Å². The fourth-order valence-corrected chi connectivity index (χ4v) is 2.35. The van der Waals surface area contributed by atoms with Gasteiger partial charge in [0.25, 0.3) is 0 Å². The van der Waals surface area contributed by atoms with Crippen molar-refractivity contribution in [3.05, 3.63) is 42.4 Å². The number of nitrogens with one attached hydrogen (secondary N) is 2. The van der Waals surface area contributed by atoms with Gasteiger partial charge in [-0.15, -0.1) is 0 Å². The molecule has 1 aliphatic rings. The molecule has 1 aliphatic heterocycles. The molecule has 98 valence electrons. The number of pyridine rings is 1. The zero-order chi connectivity index (χ0) is 12.9. The van der Waals surface area contributed by atoms with E-state index in [0.717, 1.165) is 18.9 Å². The van der Waals surface area contributed by atoms with Crippen LogP contribution in [-0.2, 0) is 0 Å². The number of hydrogen-bond donors (Lipinski definition) is 2. The van der Waals surface area contributed by atoms with Crippen LogP contribution in [0.15, 0.2) is 36.8 Å². The standard InChI is InChI=1S/C14H17N5/c1-6-16-14(17-7-1)19-13-3-2-12(10-18-13)11-4-8-15-9-5-11/h1-3,6-7,10-11,15H,4-5,8-9H2,(H,16,17,18,19). The maximum Gasteiger partial charge on any atom is 0.228 e. The van der Waals surface area contributed by atoms with Crippen LogP contribution in [0.25, 0.3) is 0 Å². The van der Waals surface area contributed by atoms with Crippen molar-refractivity contribution >= 4 is 11.8 Å². The molecule has 2 aromatic rings. The summed E-state index contributed by atoms with van der Waals surface area (Å²) in [5, 5.41) is 6.47. The quantitative estimate of drug-likeness (QED) is 0.879. The highest BCUT2D eigenvalue weighted by Crippen LogP contribution is 2.25. The Hall–Kier alpha value is -2.01. The van der Waals surface area contributed by atoms with Crippen molar-refractivity contribution in [2.45, 2.75) is 18.8 Å². The van der Waals surface area contributed by atoms with Crippen molar-refractivity contribution in [3.63, 3.8) is 0 Å². The fourth-order valence-electron chi connectivity index (χ4n) is 2.35. The topological polar surface area (TPSA) is 62.7 Å². The second-order valence-electron chi connectivity index (χ2n) is 4.70. The van der Waals surface area contributed by atoms with Crippen LogP contribution in [0.2, 0.25) is 0 Å². The van der Waals surface area contributed by atoms with Crippen LogP contribution in [0.1, 0.15) is 24.3 Å². The summed E-state index contributed by atoms with van der Waals surface area (Å²) in [4.78, 5) is 12.7. The average molecular weight is 255 g/mol. The number of rotatable bonds is 3. The number of aromatic nitrogens is 3. The minimum absolute atomic E-state index is 0.574. The summed E-state index contributed by atoms with van der Waals surface area (Å²) in [5.74, 6) is 1.99. The third-order valence-electron chi connectivity index (χ3n) is 3.40. The molecule has 5 nitrogen and oxygen atoms in total. The molecule has 1 fully saturated rings. The summed E-state index contributed by atoms with van der Waals surface area (Å²) in [6.07, 6.45) is 7.76. The molecule has 19 heavy (non-hydrogen) atoms. The number of piperidine rings is 1. The third kappa shape index (κ3) is 3.06. The Morgan fingerprint density at radius 2 is 1.84 bits per heavy atom. The summed E-state index contributed by atoms with van der Waals surface area (Å²) in [5.41, 5.74) is 1.32. The second-order valence-corrected chi connectivity index (χ2v) is 4.70. The largest absolute Gasteiger partial charge is 0.317 e. The van der Waals surface area contributed by atoms with E-state index in [0.29, 0.717) is 11.9 Å². The molecule has 0 atom stereocenters. The van der Waals surface area contributed by atoms with E-state index in [1.54, 1.807) is 18.5 Å². The van der Waals surface area contributed by atoms with E-state index in [-0.39, 0.29) is 0 Å². The van der Waals surface area contributed by atoms with Crippen molar-refractivity contribution in [1.29, 1.82) is 0 Å². The molecule has 0 amide bonds. The summed E-state index contributed by atoms with van der Waals surface area (Å²) >= 11 is 0. The van der Waals surface area contributed by atoms with E-state index < -0.39 is 0 Å². The summed E-state index contributed by atoms with van der Waals surface area (Å²) in [6.45, 7) is 2.20. The monoisotopic (exact) mass is 255 g/mol. The van der Waals surface area contributed by atoms with Crippen LogP contribution in [0, 0.1) is 0 Å². The lowest BCUT2D eigenvalue weighted by Gasteiger charge is -2.22. The van der Waals surface area contributed by atoms with Crippen molar-refractivity contribution < 1.29 is 0 Å². The molecule has 0 radical (unpaired) electrons. The van der Waals surface area contributed by atoms with Gasteiger partial charge in [-0.2, -0.15) is 0 Å². The molecule has 1 saturated heterocycles. The molecule has 5 heteroatoms. The SMILES string of the molecule is c1cnc(Nc2ccc(C3CCNCC3)cn2)nc1. The van der Waals surface area contributed by atoms with Gasteiger partial charge in [0, 0.05) is 18.6 Å². The lowest BCUT2D eigenvalue weighted by atomic mass is 9.91. The predicted octanol–water partition coefficient (Wildman–Crippen LogP) is 2.08. The maximum atomic E-state index is 4.44. The highest BCUT2D eigenvalue weighted by atomic mass is 15.1. The van der Waals surface area contributed by atoms with Gasteiger partial charge >= 0.3 is 0 Å². The van der Waals surface area contributed by atoms with Crippen LogP contribution in [0.3, 0.4) is 0 Å². The lowest BCUT2D eigenvalue weighted by molar-refractivity contribution is 0.459. The van der Waals surface area contributed by atoms with E-state index >= 15 is 0 Å². The summed E-state index contributed by atoms with van der Waals surface area (Å²) in [7, 11) is 0. The molecule has 0 bridgehead atoms. The zero-order valence-electron chi connectivity index (χ0n) is 10.7. The highest BCUT2D eigenvalue weighted by Gasteiger charge is 2.15. The summed E-state index contributed by atoms with van der Waals surface area (Å²) in [6, 6.07) is 5.93. The first-order valence-corrected chi connectivity index (χ1v) is 6.62. The fraction of sp³-hybridized carbons (Fsp3) is 0.357. The second kappa shape index (κ2) is 5.75. The van der Waals surface area contributed by atoms with Gasteiger partial charge in [0.05, 0.1) is 0 Å². The zero-order valence-corrected chi connectivity index (χ0v) is 10.7. The Kier molecular flexibility index (Phi) is 3.65. The molecule has 0 unspecified atom stereocenters. The van der Waals surface area contributed by atoms with Crippen LogP contribution in [0.4, 0.5) is 11.8 Å². The molecule has 3 rings (SSSR count). The van der Waals surface area contributed by atoms with Gasteiger partial charge in [0.1, 0.15) is 5.82 Å². The maximum absolute atomic E-state index is 4.44. The normalized spacial score (nSPS) is 16.2. The minimum Gasteiger partial charge on any atom is -0.317 e. The van der Waals surface area contributed by atoms with Gasteiger partial charge < -0.3 is 10.6 Å². The van der Waals surface area contributed by atoms with Crippen LogP contribution in [0.5, 0.6) is 0 Å². The van der Waals surface area contributed by atoms with E-state index in [4.69, 9.17) is 0 Å². The van der Waals surface area contributed by atoms with Crippen molar-refractivity contribution in [1.82, 2.24) is 20.3 Å². The molecule has 2 aromatic heterocycles. The first-order chi connectivity index (χ1) is 9.42. The van der Waals surface area contributed by atoms with E-state index in [1.165, 1.54) is 18.4 Å². The van der Waals surface area contributed by atoms with Gasteiger partial charge in [-0.1, -0.05) is 6.07 Å². The molecule has 3 heterocycles.